The van der Waals surface area contributed by atoms with Gasteiger partial charge in [0, 0.05) is 0 Å². The second-order valence-corrected chi connectivity index (χ2v) is 14.5. The summed E-state index contributed by atoms with van der Waals surface area (Å²) in [4.78, 5) is 11.7. The molecule has 0 N–H and O–H groups in total. The van der Waals surface area contributed by atoms with Crippen LogP contribution in [-0.4, -0.2) is 152 Å². The number of hydrogen-bond donors (Lipinski definition) is 0. The zero-order chi connectivity index (χ0) is 36.6. The summed E-state index contributed by atoms with van der Waals surface area (Å²) in [6.07, 6.45) is -27.0. The van der Waals surface area contributed by atoms with Crippen molar-refractivity contribution < 1.29 is 334 Å². The molecular weight excluding hydrogens is 961 g/mol. The zero-order valence-corrected chi connectivity index (χ0v) is 47.3. The number of aliphatic carboxylic acids is 1. The number of ether oxygens (including phenoxy) is 3. The summed E-state index contributed by atoms with van der Waals surface area (Å²) in [7, 11) is -36.4. The first-order valence-corrected chi connectivity index (χ1v) is 18.8. The molecule has 0 bridgehead atoms. The van der Waals surface area contributed by atoms with E-state index in [1.54, 1.807) is 0 Å². The predicted molar refractivity (Wildman–Crippen MR) is 117 cm³/mol. The van der Waals surface area contributed by atoms with E-state index in [0.29, 0.717) is 0 Å². The van der Waals surface area contributed by atoms with E-state index in [9.17, 15) is 87.7 Å². The van der Waals surface area contributed by atoms with Crippen molar-refractivity contribution in [2.24, 2.45) is 0 Å². The summed E-state index contributed by atoms with van der Waals surface area (Å²) in [5.41, 5.74) is 0. The van der Waals surface area contributed by atoms with E-state index in [-0.39, 0.29) is 207 Å². The van der Waals surface area contributed by atoms with E-state index in [2.05, 4.69) is 29.8 Å². The SMILES string of the molecule is O=C([O-])[C@@H]1OC(O[C@H]2[C@H](OS(=O)(=O)[O-])[C@@H](COS(=O)(=O)[O-])O[C@@H]2COS(=O)(=O)[O-])[C@H](OS(=O)(=O)[O-])[C@@H](OS(=O)(=O)[O-])[C@@H]1OS(=O)(=O)[O-].[Na+].[Na+].[Na+].[Na+].[Na+].[Na+].[Na+]. The maximum Gasteiger partial charge on any atom is 1.00 e. The standard InChI is InChI=1S/C12H20O29S6.7Na/c13-11(14)9-7(39-45(24,25)26)8(40-46(27,28)29)10(41-47(30,31)32)12(37-9)36-5-3(1-33-42(15,16)17)35-4(2-34-43(18,19)20)6(5)38-44(21,22)23;;;;;;;/h3-10,12H,1-2H2,(H,13,14)(H,15,16,17)(H,18,19,20)(H,21,22,23)(H,24,25,26)(H,27,28,29)(H,30,31,32);;;;;;;/q;7*+1/p-7/t3-,4-,5-,6-,7+,8+,9-,10-,12?;;;;;;;/m1......./s1. The van der Waals surface area contributed by atoms with Crippen LogP contribution in [0.25, 0.3) is 0 Å². The van der Waals surface area contributed by atoms with Crippen LogP contribution in [0.15, 0.2) is 0 Å². The van der Waals surface area contributed by atoms with Crippen molar-refractivity contribution in [3.63, 3.8) is 0 Å². The summed E-state index contributed by atoms with van der Waals surface area (Å²) >= 11 is 0. The van der Waals surface area contributed by atoms with Gasteiger partial charge < -0.3 is 51.4 Å². The van der Waals surface area contributed by atoms with Crippen LogP contribution in [0.4, 0.5) is 0 Å². The average molecular weight is 975 g/mol. The van der Waals surface area contributed by atoms with Crippen LogP contribution in [0.2, 0.25) is 0 Å². The number of hydrogen-bond acceptors (Lipinski definition) is 29. The van der Waals surface area contributed by atoms with Crippen LogP contribution < -0.4 is 212 Å². The van der Waals surface area contributed by atoms with Gasteiger partial charge in [0.1, 0.15) is 42.7 Å². The van der Waals surface area contributed by atoms with Crippen LogP contribution in [0.3, 0.4) is 0 Å². The molecule has 2 aliphatic heterocycles. The maximum absolute atomic E-state index is 11.7. The minimum atomic E-state index is -6.32. The molecule has 2 rings (SSSR count). The van der Waals surface area contributed by atoms with Crippen molar-refractivity contribution in [2.75, 3.05) is 13.2 Å². The molecule has 2 aliphatic rings. The molecule has 0 aromatic rings. The van der Waals surface area contributed by atoms with Gasteiger partial charge in [0.15, 0.2) is 12.4 Å². The van der Waals surface area contributed by atoms with Gasteiger partial charge in [-0.3, -0.25) is 25.1 Å². The molecule has 42 heteroatoms. The average Bonchev–Trinajstić information content (AvgIpc) is 3.11. The van der Waals surface area contributed by atoms with Gasteiger partial charge >= 0.3 is 207 Å². The Kier molecular flexibility index (Phi) is 37.5. The first kappa shape index (κ1) is 71.2. The molecule has 0 aromatic carbocycles. The summed E-state index contributed by atoms with van der Waals surface area (Å²) < 4.78 is 240. The Morgan fingerprint density at radius 2 is 0.759 bits per heavy atom. The van der Waals surface area contributed by atoms with Crippen LogP contribution in [0, 0.1) is 0 Å². The van der Waals surface area contributed by atoms with Crippen molar-refractivity contribution >= 4 is 68.4 Å². The van der Waals surface area contributed by atoms with Crippen molar-refractivity contribution in [2.45, 2.75) is 55.1 Å². The molecule has 1 unspecified atom stereocenters. The Balaban J connectivity index is -0.000000823. The molecular formula is C12H13Na7O29S6. The molecule has 0 saturated carbocycles. The Labute approximate surface area is 462 Å². The summed E-state index contributed by atoms with van der Waals surface area (Å²) in [6, 6.07) is 0. The Bertz CT molecular complexity index is 1830. The third-order valence-electron chi connectivity index (χ3n) is 5.09. The number of rotatable bonds is 17. The minimum Gasteiger partial charge on any atom is -0.726 e. The van der Waals surface area contributed by atoms with E-state index < -0.39 is 137 Å². The van der Waals surface area contributed by atoms with Crippen LogP contribution >= 0.6 is 0 Å². The maximum atomic E-state index is 11.7. The Hall–Kier alpha value is 5.57. The Morgan fingerprint density at radius 3 is 1.09 bits per heavy atom. The largest absolute Gasteiger partial charge is 1.00 e. The molecule has 0 aliphatic carbocycles. The summed E-state index contributed by atoms with van der Waals surface area (Å²) in [5.74, 6) is -2.74. The molecule has 29 nitrogen and oxygen atoms in total. The molecule has 0 spiro atoms. The molecule has 2 saturated heterocycles. The van der Waals surface area contributed by atoms with Gasteiger partial charge in [0.25, 0.3) is 0 Å². The smallest absolute Gasteiger partial charge is 0.726 e. The minimum absolute atomic E-state index is 0. The van der Waals surface area contributed by atoms with Crippen LogP contribution in [0.5, 0.6) is 0 Å². The van der Waals surface area contributed by atoms with E-state index in [1.807, 2.05) is 0 Å². The summed E-state index contributed by atoms with van der Waals surface area (Å²) in [5, 5.41) is 11.7. The Morgan fingerprint density at radius 1 is 0.444 bits per heavy atom. The molecule has 9 atom stereocenters. The second kappa shape index (κ2) is 28.5. The molecule has 278 valence electrons. The molecule has 0 aromatic heterocycles. The topological polar surface area (TPSA) is 466 Å². The predicted octanol–water partition coefficient (Wildman–Crippen LogP) is -30.0. The van der Waals surface area contributed by atoms with Gasteiger partial charge in [-0.25, -0.2) is 50.5 Å². The fourth-order valence-electron chi connectivity index (χ4n) is 3.78. The van der Waals surface area contributed by atoms with E-state index >= 15 is 0 Å². The number of carbonyl (C=O) groups excluding carboxylic acids is 1. The van der Waals surface area contributed by atoms with Crippen molar-refractivity contribution in [3.05, 3.63) is 0 Å². The third kappa shape index (κ3) is 27.7. The monoisotopic (exact) mass is 974 g/mol. The zero-order valence-electron chi connectivity index (χ0n) is 28.4. The molecule has 54 heavy (non-hydrogen) atoms. The van der Waals surface area contributed by atoms with Crippen LogP contribution in [0.1, 0.15) is 0 Å². The quantitative estimate of drug-likeness (QED) is 0.0742. The molecule has 0 amide bonds. The fourth-order valence-corrected chi connectivity index (χ4v) is 6.33. The second-order valence-electron chi connectivity index (χ2n) is 8.32. The fraction of sp³-hybridized carbons (Fsp3) is 0.917. The van der Waals surface area contributed by atoms with E-state index in [1.165, 1.54) is 0 Å². The van der Waals surface area contributed by atoms with Gasteiger partial charge in [-0.15, -0.1) is 0 Å². The van der Waals surface area contributed by atoms with Gasteiger partial charge in [-0.2, -0.15) is 0 Å². The summed E-state index contributed by atoms with van der Waals surface area (Å²) in [6.45, 7) is -3.35. The van der Waals surface area contributed by atoms with Crippen molar-refractivity contribution in [1.82, 2.24) is 0 Å². The first-order chi connectivity index (χ1) is 20.8. The number of carboxylic acid groups (broad SMARTS) is 1. The number of carbonyl (C=O) groups is 1. The van der Waals surface area contributed by atoms with Gasteiger partial charge in [0.05, 0.1) is 19.2 Å². The molecule has 2 heterocycles. The van der Waals surface area contributed by atoms with Crippen LogP contribution in [-0.2, 0) is 106 Å². The van der Waals surface area contributed by atoms with Crippen molar-refractivity contribution in [1.29, 1.82) is 0 Å². The van der Waals surface area contributed by atoms with E-state index in [4.69, 9.17) is 9.47 Å². The molecule has 2 fully saturated rings. The van der Waals surface area contributed by atoms with Crippen molar-refractivity contribution in [3.8, 4) is 0 Å². The third-order valence-corrected chi connectivity index (χ3v) is 7.78. The number of carboxylic acids is 1. The van der Waals surface area contributed by atoms with Gasteiger partial charge in [-0.05, 0) is 0 Å². The van der Waals surface area contributed by atoms with Gasteiger partial charge in [0.2, 0.25) is 62.4 Å². The molecule has 0 radical (unpaired) electrons. The first-order valence-electron chi connectivity index (χ1n) is 10.8. The van der Waals surface area contributed by atoms with Gasteiger partial charge in [-0.1, -0.05) is 0 Å². The normalized spacial score (nSPS) is 27.4. The van der Waals surface area contributed by atoms with E-state index in [0.717, 1.165) is 0 Å².